The summed E-state index contributed by atoms with van der Waals surface area (Å²) in [6.07, 6.45) is 1.73. The third kappa shape index (κ3) is 3.21. The number of rotatable bonds is 5. The molecule has 4 heteroatoms. The fraction of sp³-hybridized carbons (Fsp3) is 0.357. The minimum absolute atomic E-state index is 0.190. The SMILES string of the molecule is CC(CO)CSCc1cc(F)cc2cccnc12. The average Bonchev–Trinajstić information content (AvgIpc) is 2.38. The smallest absolute Gasteiger partial charge is 0.124 e. The largest absolute Gasteiger partial charge is 0.396 e. The van der Waals surface area contributed by atoms with Gasteiger partial charge in [0.25, 0.3) is 0 Å². The second kappa shape index (κ2) is 6.16. The van der Waals surface area contributed by atoms with E-state index in [2.05, 4.69) is 4.98 Å². The second-order valence-electron chi connectivity index (χ2n) is 4.44. The highest BCUT2D eigenvalue weighted by atomic mass is 32.2. The number of aromatic nitrogens is 1. The topological polar surface area (TPSA) is 33.1 Å². The number of halogens is 1. The van der Waals surface area contributed by atoms with Gasteiger partial charge in [0.1, 0.15) is 5.82 Å². The van der Waals surface area contributed by atoms with Crippen LogP contribution in [0.1, 0.15) is 12.5 Å². The molecule has 1 N–H and O–H groups in total. The molecule has 0 fully saturated rings. The van der Waals surface area contributed by atoms with Crippen molar-refractivity contribution in [2.75, 3.05) is 12.4 Å². The summed E-state index contributed by atoms with van der Waals surface area (Å²) < 4.78 is 13.5. The summed E-state index contributed by atoms with van der Waals surface area (Å²) in [5, 5.41) is 9.80. The fourth-order valence-corrected chi connectivity index (χ4v) is 2.83. The van der Waals surface area contributed by atoms with Crippen LogP contribution in [0.15, 0.2) is 30.5 Å². The Morgan fingerprint density at radius 1 is 1.44 bits per heavy atom. The van der Waals surface area contributed by atoms with Gasteiger partial charge in [-0.05, 0) is 35.4 Å². The second-order valence-corrected chi connectivity index (χ2v) is 5.47. The van der Waals surface area contributed by atoms with Crippen LogP contribution < -0.4 is 0 Å². The van der Waals surface area contributed by atoms with Crippen LogP contribution in [-0.2, 0) is 5.75 Å². The first-order chi connectivity index (χ1) is 8.70. The van der Waals surface area contributed by atoms with E-state index < -0.39 is 0 Å². The molecule has 0 aliphatic rings. The number of thioether (sulfide) groups is 1. The first kappa shape index (κ1) is 13.3. The van der Waals surface area contributed by atoms with Gasteiger partial charge >= 0.3 is 0 Å². The van der Waals surface area contributed by atoms with Crippen molar-refractivity contribution in [3.05, 3.63) is 41.8 Å². The van der Waals surface area contributed by atoms with E-state index in [4.69, 9.17) is 5.11 Å². The van der Waals surface area contributed by atoms with Gasteiger partial charge in [-0.25, -0.2) is 4.39 Å². The van der Waals surface area contributed by atoms with Gasteiger partial charge in [0.2, 0.25) is 0 Å². The third-order valence-corrected chi connectivity index (χ3v) is 4.04. The number of aliphatic hydroxyl groups is 1. The van der Waals surface area contributed by atoms with E-state index in [1.165, 1.54) is 6.07 Å². The number of benzene rings is 1. The van der Waals surface area contributed by atoms with Gasteiger partial charge in [0, 0.05) is 23.9 Å². The van der Waals surface area contributed by atoms with Gasteiger partial charge in [0.15, 0.2) is 0 Å². The number of hydrogen-bond donors (Lipinski definition) is 1. The molecule has 1 heterocycles. The Morgan fingerprint density at radius 3 is 3.06 bits per heavy atom. The predicted molar refractivity (Wildman–Crippen MR) is 74.1 cm³/mol. The molecule has 1 aromatic heterocycles. The van der Waals surface area contributed by atoms with Crippen LogP contribution in [-0.4, -0.2) is 22.5 Å². The number of aliphatic hydroxyl groups excluding tert-OH is 1. The molecule has 0 aliphatic heterocycles. The van der Waals surface area contributed by atoms with E-state index in [1.807, 2.05) is 19.1 Å². The van der Waals surface area contributed by atoms with Crippen molar-refractivity contribution in [2.24, 2.45) is 5.92 Å². The fourth-order valence-electron chi connectivity index (χ4n) is 1.76. The molecule has 2 nitrogen and oxygen atoms in total. The minimum atomic E-state index is -0.221. The molecule has 0 radical (unpaired) electrons. The molecule has 1 atom stereocenters. The lowest BCUT2D eigenvalue weighted by Crippen LogP contribution is -2.03. The normalized spacial score (nSPS) is 12.8. The van der Waals surface area contributed by atoms with Crippen molar-refractivity contribution < 1.29 is 9.50 Å². The van der Waals surface area contributed by atoms with Gasteiger partial charge in [-0.2, -0.15) is 11.8 Å². The maximum absolute atomic E-state index is 13.5. The maximum Gasteiger partial charge on any atom is 0.124 e. The van der Waals surface area contributed by atoms with Crippen molar-refractivity contribution in [1.82, 2.24) is 4.98 Å². The molecular formula is C14H16FNOS. The Kier molecular flexibility index (Phi) is 4.55. The van der Waals surface area contributed by atoms with E-state index in [0.717, 1.165) is 28.0 Å². The lowest BCUT2D eigenvalue weighted by Gasteiger charge is -2.09. The molecule has 2 rings (SSSR count). The van der Waals surface area contributed by atoms with E-state index in [1.54, 1.807) is 24.0 Å². The Morgan fingerprint density at radius 2 is 2.28 bits per heavy atom. The number of hydrogen-bond acceptors (Lipinski definition) is 3. The van der Waals surface area contributed by atoms with Crippen molar-refractivity contribution in [2.45, 2.75) is 12.7 Å². The monoisotopic (exact) mass is 265 g/mol. The van der Waals surface area contributed by atoms with Crippen molar-refractivity contribution >= 4 is 22.7 Å². The van der Waals surface area contributed by atoms with Crippen molar-refractivity contribution in [1.29, 1.82) is 0 Å². The van der Waals surface area contributed by atoms with E-state index in [0.29, 0.717) is 0 Å². The Bertz CT molecular complexity index is 532. The maximum atomic E-state index is 13.5. The Labute approximate surface area is 110 Å². The molecule has 0 bridgehead atoms. The molecule has 0 saturated heterocycles. The molecule has 18 heavy (non-hydrogen) atoms. The quantitative estimate of drug-likeness (QED) is 0.901. The number of pyridine rings is 1. The highest BCUT2D eigenvalue weighted by molar-refractivity contribution is 7.98. The van der Waals surface area contributed by atoms with Crippen LogP contribution in [0.4, 0.5) is 4.39 Å². The standard InChI is InChI=1S/C14H16FNOS/c1-10(7-17)8-18-9-12-6-13(15)5-11-3-2-4-16-14(11)12/h2-6,10,17H,7-9H2,1H3. The zero-order valence-corrected chi connectivity index (χ0v) is 11.1. The van der Waals surface area contributed by atoms with Gasteiger partial charge in [0.05, 0.1) is 5.52 Å². The summed E-state index contributed by atoms with van der Waals surface area (Å²) >= 11 is 1.70. The van der Waals surface area contributed by atoms with E-state index >= 15 is 0 Å². The molecular weight excluding hydrogens is 249 g/mol. The van der Waals surface area contributed by atoms with E-state index in [9.17, 15) is 4.39 Å². The van der Waals surface area contributed by atoms with Crippen LogP contribution in [0.2, 0.25) is 0 Å². The van der Waals surface area contributed by atoms with Gasteiger partial charge in [-0.15, -0.1) is 0 Å². The van der Waals surface area contributed by atoms with Crippen molar-refractivity contribution in [3.63, 3.8) is 0 Å². The zero-order valence-electron chi connectivity index (χ0n) is 10.3. The Hall–Kier alpha value is -1.13. The predicted octanol–water partition coefficient (Wildman–Crippen LogP) is 3.24. The molecule has 0 aliphatic carbocycles. The van der Waals surface area contributed by atoms with Crippen LogP contribution in [0.5, 0.6) is 0 Å². The van der Waals surface area contributed by atoms with Gasteiger partial charge in [-0.1, -0.05) is 13.0 Å². The lowest BCUT2D eigenvalue weighted by molar-refractivity contribution is 0.250. The molecule has 0 saturated carbocycles. The van der Waals surface area contributed by atoms with Crippen LogP contribution in [0, 0.1) is 11.7 Å². The van der Waals surface area contributed by atoms with Crippen LogP contribution >= 0.6 is 11.8 Å². The molecule has 0 spiro atoms. The first-order valence-corrected chi connectivity index (χ1v) is 7.08. The number of nitrogens with zero attached hydrogens (tertiary/aromatic N) is 1. The summed E-state index contributed by atoms with van der Waals surface area (Å²) in [4.78, 5) is 4.31. The summed E-state index contributed by atoms with van der Waals surface area (Å²) in [6.45, 7) is 2.18. The summed E-state index contributed by atoms with van der Waals surface area (Å²) in [5.41, 5.74) is 1.78. The molecule has 2 aromatic rings. The summed E-state index contributed by atoms with van der Waals surface area (Å²) in [7, 11) is 0. The van der Waals surface area contributed by atoms with E-state index in [-0.39, 0.29) is 18.3 Å². The van der Waals surface area contributed by atoms with Gasteiger partial charge < -0.3 is 5.11 Å². The highest BCUT2D eigenvalue weighted by Gasteiger charge is 2.06. The third-order valence-electron chi connectivity index (χ3n) is 2.72. The molecule has 1 unspecified atom stereocenters. The molecule has 1 aromatic carbocycles. The minimum Gasteiger partial charge on any atom is -0.396 e. The first-order valence-electron chi connectivity index (χ1n) is 5.92. The van der Waals surface area contributed by atoms with Crippen molar-refractivity contribution in [3.8, 4) is 0 Å². The molecule has 96 valence electrons. The van der Waals surface area contributed by atoms with Crippen LogP contribution in [0.3, 0.4) is 0 Å². The lowest BCUT2D eigenvalue weighted by atomic mass is 10.1. The Balaban J connectivity index is 2.17. The summed E-state index contributed by atoms with van der Waals surface area (Å²) in [5.74, 6) is 1.63. The zero-order chi connectivity index (χ0) is 13.0. The molecule has 0 amide bonds. The van der Waals surface area contributed by atoms with Gasteiger partial charge in [-0.3, -0.25) is 4.98 Å². The highest BCUT2D eigenvalue weighted by Crippen LogP contribution is 2.23. The summed E-state index contributed by atoms with van der Waals surface area (Å²) in [6, 6.07) is 6.74. The van der Waals surface area contributed by atoms with Crippen LogP contribution in [0.25, 0.3) is 10.9 Å². The average molecular weight is 265 g/mol. The number of fused-ring (bicyclic) bond motifs is 1.